The molecule has 2 N–H and O–H groups in total. The zero-order chi connectivity index (χ0) is 14.3. The topological polar surface area (TPSA) is 92.7 Å². The molecule has 0 radical (unpaired) electrons. The van der Waals surface area contributed by atoms with Crippen molar-refractivity contribution >= 4 is 27.3 Å². The molecule has 0 spiro atoms. The predicted octanol–water partition coefficient (Wildman–Crippen LogP) is 0.798. The molecule has 1 aromatic heterocycles. The molecule has 1 heterocycles. The van der Waals surface area contributed by atoms with Crippen molar-refractivity contribution in [2.24, 2.45) is 0 Å². The van der Waals surface area contributed by atoms with Crippen molar-refractivity contribution in [2.75, 3.05) is 7.11 Å². The van der Waals surface area contributed by atoms with E-state index in [9.17, 15) is 17.6 Å². The molecule has 1 aliphatic carbocycles. The maximum atomic E-state index is 12.9. The van der Waals surface area contributed by atoms with Gasteiger partial charge in [0, 0.05) is 20.0 Å². The van der Waals surface area contributed by atoms with Crippen molar-refractivity contribution in [3.8, 4) is 0 Å². The first kappa shape index (κ1) is 14.4. The van der Waals surface area contributed by atoms with Crippen LogP contribution in [0.1, 0.15) is 12.8 Å². The molecule has 0 aliphatic heterocycles. The lowest BCUT2D eigenvalue weighted by atomic mass is 9.75. The van der Waals surface area contributed by atoms with E-state index in [1.165, 1.54) is 7.11 Å². The highest BCUT2D eigenvalue weighted by atomic mass is 32.2. The molecule has 2 rings (SSSR count). The minimum atomic E-state index is -4.04. The fourth-order valence-electron chi connectivity index (χ4n) is 1.94. The fraction of sp³-hybridized carbons (Fsp3) is 0.500. The Kier molecular flexibility index (Phi) is 3.65. The number of ether oxygens (including phenoxy) is 1. The van der Waals surface area contributed by atoms with Gasteiger partial charge in [-0.3, -0.25) is 4.79 Å². The molecule has 0 aromatic carbocycles. The van der Waals surface area contributed by atoms with Gasteiger partial charge in [-0.2, -0.15) is 9.11 Å². The van der Waals surface area contributed by atoms with Crippen molar-refractivity contribution in [3.63, 3.8) is 0 Å². The molecule has 1 aliphatic rings. The molecule has 0 amide bonds. The van der Waals surface area contributed by atoms with Crippen LogP contribution in [0.15, 0.2) is 16.3 Å². The number of thiophene rings is 1. The molecule has 1 saturated carbocycles. The minimum absolute atomic E-state index is 0.0475. The van der Waals surface area contributed by atoms with E-state index in [1.54, 1.807) is 0 Å². The Balaban J connectivity index is 2.21. The van der Waals surface area contributed by atoms with Crippen molar-refractivity contribution in [2.45, 2.75) is 28.7 Å². The zero-order valence-corrected chi connectivity index (χ0v) is 11.6. The summed E-state index contributed by atoms with van der Waals surface area (Å²) < 4.78 is 43.7. The van der Waals surface area contributed by atoms with Crippen LogP contribution in [-0.2, 0) is 19.6 Å². The number of halogens is 1. The number of methoxy groups -OCH3 is 1. The summed E-state index contributed by atoms with van der Waals surface area (Å²) in [4.78, 5) is 11.2. The predicted molar refractivity (Wildman–Crippen MR) is 65.0 cm³/mol. The van der Waals surface area contributed by atoms with Gasteiger partial charge in [-0.25, -0.2) is 8.42 Å². The number of aliphatic carboxylic acids is 1. The van der Waals surface area contributed by atoms with Gasteiger partial charge in [-0.15, -0.1) is 0 Å². The van der Waals surface area contributed by atoms with Gasteiger partial charge in [0.15, 0.2) is 5.13 Å². The Hall–Kier alpha value is -1.03. The number of hydrogen-bond acceptors (Lipinski definition) is 5. The number of carboxylic acid groups (broad SMARTS) is 1. The van der Waals surface area contributed by atoms with Crippen molar-refractivity contribution < 1.29 is 27.4 Å². The van der Waals surface area contributed by atoms with E-state index in [-0.39, 0.29) is 23.2 Å². The van der Waals surface area contributed by atoms with Crippen LogP contribution in [0.3, 0.4) is 0 Å². The Labute approximate surface area is 113 Å². The Morgan fingerprint density at radius 3 is 2.63 bits per heavy atom. The van der Waals surface area contributed by atoms with Crippen LogP contribution in [0.2, 0.25) is 0 Å². The van der Waals surface area contributed by atoms with Gasteiger partial charge < -0.3 is 9.84 Å². The molecule has 0 atom stereocenters. The van der Waals surface area contributed by atoms with Gasteiger partial charge in [0.05, 0.1) is 6.10 Å². The average Bonchev–Trinajstić information content (AvgIpc) is 2.70. The monoisotopic (exact) mass is 309 g/mol. The van der Waals surface area contributed by atoms with E-state index in [2.05, 4.69) is 4.72 Å². The number of nitrogens with one attached hydrogen (secondary N) is 1. The van der Waals surface area contributed by atoms with Crippen LogP contribution < -0.4 is 4.72 Å². The normalized spacial score (nSPS) is 26.9. The summed E-state index contributed by atoms with van der Waals surface area (Å²) in [5.74, 6) is -1.26. The zero-order valence-electron chi connectivity index (χ0n) is 9.92. The molecule has 6 nitrogen and oxygen atoms in total. The van der Waals surface area contributed by atoms with Crippen LogP contribution in [-0.4, -0.2) is 38.2 Å². The fourth-order valence-corrected chi connectivity index (χ4v) is 4.32. The SMILES string of the molecule is COC1CC(NS(=O)(=O)c2ccc(F)s2)(C(=O)O)C1. The molecule has 0 bridgehead atoms. The van der Waals surface area contributed by atoms with Crippen molar-refractivity contribution in [1.29, 1.82) is 0 Å². The molecule has 106 valence electrons. The summed E-state index contributed by atoms with van der Waals surface area (Å²) in [6.45, 7) is 0. The van der Waals surface area contributed by atoms with Gasteiger partial charge in [0.1, 0.15) is 9.75 Å². The van der Waals surface area contributed by atoms with Crippen LogP contribution >= 0.6 is 11.3 Å². The molecular weight excluding hydrogens is 297 g/mol. The molecule has 9 heteroatoms. The molecule has 0 saturated heterocycles. The van der Waals surface area contributed by atoms with Crippen LogP contribution in [0.4, 0.5) is 4.39 Å². The van der Waals surface area contributed by atoms with E-state index in [0.717, 1.165) is 12.1 Å². The summed E-state index contributed by atoms with van der Waals surface area (Å²) in [6.07, 6.45) is -0.198. The molecule has 1 aromatic rings. The van der Waals surface area contributed by atoms with Gasteiger partial charge in [0.25, 0.3) is 10.0 Å². The first-order valence-corrected chi connectivity index (χ1v) is 7.64. The van der Waals surface area contributed by atoms with Crippen LogP contribution in [0, 0.1) is 5.13 Å². The van der Waals surface area contributed by atoms with Gasteiger partial charge in [-0.05, 0) is 12.1 Å². The minimum Gasteiger partial charge on any atom is -0.480 e. The second kappa shape index (κ2) is 4.82. The number of rotatable bonds is 5. The summed E-state index contributed by atoms with van der Waals surface area (Å²) in [5, 5.41) is 8.51. The summed E-state index contributed by atoms with van der Waals surface area (Å²) in [5.41, 5.74) is -1.57. The smallest absolute Gasteiger partial charge is 0.325 e. The molecule has 19 heavy (non-hydrogen) atoms. The standard InChI is InChI=1S/C10H12FNO5S2/c1-17-6-4-10(5-6,9(13)14)12-19(15,16)8-3-2-7(11)18-8/h2-3,6,12H,4-5H2,1H3,(H,13,14). The first-order valence-electron chi connectivity index (χ1n) is 5.34. The number of carbonyl (C=O) groups is 1. The lowest BCUT2D eigenvalue weighted by Crippen LogP contribution is -2.64. The Morgan fingerprint density at radius 2 is 2.21 bits per heavy atom. The molecular formula is C10H12FNO5S2. The Bertz CT molecular complexity index is 591. The van der Waals surface area contributed by atoms with E-state index < -0.39 is 26.7 Å². The molecule has 0 unspecified atom stereocenters. The Morgan fingerprint density at radius 1 is 1.58 bits per heavy atom. The van der Waals surface area contributed by atoms with Gasteiger partial charge in [-0.1, -0.05) is 11.3 Å². The largest absolute Gasteiger partial charge is 0.480 e. The van der Waals surface area contributed by atoms with E-state index >= 15 is 0 Å². The number of sulfonamides is 1. The average molecular weight is 309 g/mol. The number of hydrogen-bond donors (Lipinski definition) is 2. The highest BCUT2D eigenvalue weighted by Crippen LogP contribution is 2.36. The van der Waals surface area contributed by atoms with Gasteiger partial charge in [0.2, 0.25) is 0 Å². The third kappa shape index (κ3) is 2.64. The highest BCUT2D eigenvalue weighted by molar-refractivity contribution is 7.91. The summed E-state index contributed by atoms with van der Waals surface area (Å²) in [7, 11) is -2.61. The third-order valence-electron chi connectivity index (χ3n) is 3.04. The summed E-state index contributed by atoms with van der Waals surface area (Å²) >= 11 is 0.447. The highest BCUT2D eigenvalue weighted by Gasteiger charge is 2.53. The quantitative estimate of drug-likeness (QED) is 0.839. The van der Waals surface area contributed by atoms with E-state index in [0.29, 0.717) is 11.3 Å². The molecule has 1 fully saturated rings. The van der Waals surface area contributed by atoms with Crippen LogP contribution in [0.5, 0.6) is 0 Å². The first-order chi connectivity index (χ1) is 8.79. The maximum Gasteiger partial charge on any atom is 0.325 e. The van der Waals surface area contributed by atoms with Crippen molar-refractivity contribution in [1.82, 2.24) is 4.72 Å². The second-order valence-corrected chi connectivity index (χ2v) is 7.26. The number of carboxylic acids is 1. The van der Waals surface area contributed by atoms with Gasteiger partial charge >= 0.3 is 5.97 Å². The van der Waals surface area contributed by atoms with Crippen LogP contribution in [0.25, 0.3) is 0 Å². The lowest BCUT2D eigenvalue weighted by Gasteiger charge is -2.43. The third-order valence-corrected chi connectivity index (χ3v) is 5.94. The maximum absolute atomic E-state index is 12.9. The second-order valence-electron chi connectivity index (χ2n) is 4.32. The van der Waals surface area contributed by atoms with E-state index in [4.69, 9.17) is 9.84 Å². The summed E-state index contributed by atoms with van der Waals surface area (Å²) in [6, 6.07) is 2.12. The van der Waals surface area contributed by atoms with Crippen molar-refractivity contribution in [3.05, 3.63) is 17.3 Å². The van der Waals surface area contributed by atoms with E-state index in [1.807, 2.05) is 0 Å². The lowest BCUT2D eigenvalue weighted by molar-refractivity contribution is -0.154.